The van der Waals surface area contributed by atoms with Gasteiger partial charge in [0.2, 0.25) is 0 Å². The van der Waals surface area contributed by atoms with E-state index in [1.54, 1.807) is 0 Å². The Labute approximate surface area is 50.4 Å². The zero-order chi connectivity index (χ0) is 4.41. The van der Waals surface area contributed by atoms with Crippen LogP contribution in [0.3, 0.4) is 0 Å². The first-order chi connectivity index (χ1) is 2.89. The van der Waals surface area contributed by atoms with Crippen LogP contribution in [0.4, 0.5) is 0 Å². The maximum atomic E-state index is 9.90. The van der Waals surface area contributed by atoms with Crippen molar-refractivity contribution >= 4 is 5.91 Å². The minimum atomic E-state index is -0.269. The van der Waals surface area contributed by atoms with Gasteiger partial charge in [0, 0.05) is 22.6 Å². The Morgan fingerprint density at radius 3 is 2.43 bits per heavy atom. The van der Waals surface area contributed by atoms with Crippen molar-refractivity contribution in [2.45, 2.75) is 0 Å². The molecule has 0 spiro atoms. The number of rotatable bonds is 0. The third-order valence-corrected chi connectivity index (χ3v) is 0.440. The minimum absolute atomic E-state index is 0. The van der Waals surface area contributed by atoms with Gasteiger partial charge in [-0.3, -0.25) is 4.79 Å². The van der Waals surface area contributed by atoms with Gasteiger partial charge in [0.15, 0.2) is 0 Å². The van der Waals surface area contributed by atoms with Gasteiger partial charge in [-0.1, -0.05) is 0 Å². The molecule has 1 heterocycles. The van der Waals surface area contributed by atoms with Crippen molar-refractivity contribution < 1.29 is 21.3 Å². The smallest absolute Gasteiger partial charge is 0.266 e. The zero-order valence-corrected chi connectivity index (χ0v) is 4.26. The summed E-state index contributed by atoms with van der Waals surface area (Å²) in [4.78, 5) is 9.90. The molecule has 0 radical (unpaired) electrons. The zero-order valence-electron chi connectivity index (χ0n) is 3.27. The van der Waals surface area contributed by atoms with E-state index in [9.17, 15) is 4.79 Å². The molecule has 7 heavy (non-hydrogen) atoms. The average molecular weight is 141 g/mol. The van der Waals surface area contributed by atoms with Crippen LogP contribution in [-0.2, 0) is 21.3 Å². The summed E-state index contributed by atoms with van der Waals surface area (Å²) >= 11 is 0. The second kappa shape index (κ2) is 2.64. The van der Waals surface area contributed by atoms with Gasteiger partial charge in [0.05, 0.1) is 6.20 Å². The predicted octanol–water partition coefficient (Wildman–Crippen LogP) is 0.490. The second-order valence-electron chi connectivity index (χ2n) is 0.869. The second-order valence-corrected chi connectivity index (χ2v) is 0.869. The Balaban J connectivity index is 0.000000360. The van der Waals surface area contributed by atoms with Crippen LogP contribution in [0.1, 0.15) is 0 Å². The molecule has 1 amide bonds. The Morgan fingerprint density at radius 2 is 2.29 bits per heavy atom. The molecule has 0 saturated heterocycles. The maximum Gasteiger partial charge on any atom is 0.289 e. The molecular formula is C3H2N2NiO. The topological polar surface area (TPSA) is 41.8 Å². The molecule has 0 atom stereocenters. The van der Waals surface area contributed by atoms with Crippen LogP contribution >= 0.6 is 0 Å². The molecule has 0 aromatic rings. The van der Waals surface area contributed by atoms with Gasteiger partial charge in [0.1, 0.15) is 0 Å². The molecule has 1 rings (SSSR count). The fraction of sp³-hybridized carbons (Fsp3) is 0. The third-order valence-electron chi connectivity index (χ3n) is 0.440. The van der Waals surface area contributed by atoms with Crippen molar-refractivity contribution in [2.75, 3.05) is 0 Å². The fourth-order valence-corrected chi connectivity index (χ4v) is 0.221. The van der Waals surface area contributed by atoms with Crippen molar-refractivity contribution in [1.29, 1.82) is 0 Å². The normalized spacial score (nSPS) is 14.6. The van der Waals surface area contributed by atoms with Gasteiger partial charge in [-0.15, -0.1) is 5.11 Å². The number of hydrogen-bond acceptors (Lipinski definition) is 2. The van der Waals surface area contributed by atoms with E-state index in [1.165, 1.54) is 12.3 Å². The van der Waals surface area contributed by atoms with Gasteiger partial charge in [-0.25, -0.2) is 0 Å². The molecule has 0 bridgehead atoms. The summed E-state index contributed by atoms with van der Waals surface area (Å²) in [5.41, 5.74) is 0. The number of amides is 1. The van der Waals surface area contributed by atoms with Gasteiger partial charge in [0.25, 0.3) is 5.91 Å². The first-order valence-corrected chi connectivity index (χ1v) is 1.51. The Hall–Kier alpha value is -0.496. The van der Waals surface area contributed by atoms with E-state index in [0.717, 1.165) is 0 Å². The molecule has 0 aromatic carbocycles. The standard InChI is InChI=1S/C3H2N2O.Ni/c6-3-1-2-4-5-3;/h1-2H;. The molecule has 4 heteroatoms. The summed E-state index contributed by atoms with van der Waals surface area (Å²) < 4.78 is 0. The van der Waals surface area contributed by atoms with Crippen molar-refractivity contribution in [3.63, 3.8) is 0 Å². The van der Waals surface area contributed by atoms with E-state index >= 15 is 0 Å². The van der Waals surface area contributed by atoms with Crippen LogP contribution in [0.15, 0.2) is 22.5 Å². The van der Waals surface area contributed by atoms with E-state index < -0.39 is 0 Å². The van der Waals surface area contributed by atoms with E-state index in [2.05, 4.69) is 10.2 Å². The molecule has 0 N–H and O–H groups in total. The molecular weight excluding hydrogens is 139 g/mol. The monoisotopic (exact) mass is 140 g/mol. The molecule has 40 valence electrons. The fourth-order valence-electron chi connectivity index (χ4n) is 0.221. The van der Waals surface area contributed by atoms with Gasteiger partial charge in [-0.2, -0.15) is 5.11 Å². The number of nitrogens with zero attached hydrogens (tertiary/aromatic N) is 2. The Kier molecular flexibility index (Phi) is 2.45. The Morgan fingerprint density at radius 1 is 1.57 bits per heavy atom. The van der Waals surface area contributed by atoms with Crippen LogP contribution in [-0.4, -0.2) is 5.91 Å². The number of carbonyl (C=O) groups is 1. The molecule has 0 saturated carbocycles. The average Bonchev–Trinajstić information content (AvgIpc) is 1.86. The quantitative estimate of drug-likeness (QED) is 0.452. The van der Waals surface area contributed by atoms with Gasteiger partial charge < -0.3 is 0 Å². The van der Waals surface area contributed by atoms with Gasteiger partial charge >= 0.3 is 0 Å². The van der Waals surface area contributed by atoms with E-state index in [1.807, 2.05) is 0 Å². The SMILES string of the molecule is O=C1C=CN=N1.[Ni]. The largest absolute Gasteiger partial charge is 0.289 e. The van der Waals surface area contributed by atoms with E-state index in [4.69, 9.17) is 0 Å². The van der Waals surface area contributed by atoms with Crippen LogP contribution in [0, 0.1) is 0 Å². The number of carbonyl (C=O) groups excluding carboxylic acids is 1. The van der Waals surface area contributed by atoms with Crippen LogP contribution in [0.5, 0.6) is 0 Å². The van der Waals surface area contributed by atoms with E-state index in [0.29, 0.717) is 0 Å². The molecule has 0 aliphatic carbocycles. The molecule has 1 aliphatic rings. The number of hydrogen-bond donors (Lipinski definition) is 0. The van der Waals surface area contributed by atoms with Crippen LogP contribution in [0.2, 0.25) is 0 Å². The molecule has 0 aromatic heterocycles. The molecule has 0 unspecified atom stereocenters. The predicted molar refractivity (Wildman–Crippen MR) is 19.0 cm³/mol. The summed E-state index contributed by atoms with van der Waals surface area (Å²) in [6, 6.07) is 0. The Bertz CT molecular complexity index is 115. The summed E-state index contributed by atoms with van der Waals surface area (Å²) in [6.45, 7) is 0. The summed E-state index contributed by atoms with van der Waals surface area (Å²) in [7, 11) is 0. The summed E-state index contributed by atoms with van der Waals surface area (Å²) in [5.74, 6) is -0.269. The van der Waals surface area contributed by atoms with Crippen molar-refractivity contribution in [2.24, 2.45) is 10.2 Å². The van der Waals surface area contributed by atoms with Crippen LogP contribution in [0.25, 0.3) is 0 Å². The van der Waals surface area contributed by atoms with Crippen molar-refractivity contribution in [3.05, 3.63) is 12.3 Å². The number of azo groups is 1. The van der Waals surface area contributed by atoms with Crippen LogP contribution < -0.4 is 0 Å². The molecule has 3 nitrogen and oxygen atoms in total. The third kappa shape index (κ3) is 1.60. The first kappa shape index (κ1) is 6.50. The van der Waals surface area contributed by atoms with Crippen molar-refractivity contribution in [3.8, 4) is 0 Å². The maximum absolute atomic E-state index is 9.90. The summed E-state index contributed by atoms with van der Waals surface area (Å²) in [5, 5.41) is 6.37. The van der Waals surface area contributed by atoms with Crippen molar-refractivity contribution in [1.82, 2.24) is 0 Å². The molecule has 0 fully saturated rings. The minimum Gasteiger partial charge on any atom is -0.266 e. The summed E-state index contributed by atoms with van der Waals surface area (Å²) in [6.07, 6.45) is 2.67. The van der Waals surface area contributed by atoms with E-state index in [-0.39, 0.29) is 22.4 Å². The first-order valence-electron chi connectivity index (χ1n) is 1.51. The van der Waals surface area contributed by atoms with Gasteiger partial charge in [-0.05, 0) is 0 Å². The molecule has 1 aliphatic heterocycles.